The summed E-state index contributed by atoms with van der Waals surface area (Å²) in [5.41, 5.74) is 11.4. The van der Waals surface area contributed by atoms with Gasteiger partial charge in [-0.1, -0.05) is 69.2 Å². The molecule has 1 fully saturated rings. The number of hydrogen-bond donors (Lipinski definition) is 21. The number of nitrogens with one attached hydrogen (secondary N) is 13. The van der Waals surface area contributed by atoms with Gasteiger partial charge >= 0.3 is 17.9 Å². The van der Waals surface area contributed by atoms with Crippen LogP contribution in [0.5, 0.6) is 0 Å². The van der Waals surface area contributed by atoms with Crippen LogP contribution < -0.4 is 80.6 Å². The molecule has 584 valence electrons. The third-order valence-electron chi connectivity index (χ3n) is 16.1. The number of aliphatic carboxylic acids is 3. The molecule has 39 nitrogen and oxygen atoms in total. The summed E-state index contributed by atoms with van der Waals surface area (Å²) in [7, 11) is 0. The van der Waals surface area contributed by atoms with Crippen molar-refractivity contribution in [3.05, 3.63) is 0 Å². The molecule has 1 saturated heterocycles. The number of carboxylic acid groups (broad SMARTS) is 3. The number of rotatable bonds is 47. The summed E-state index contributed by atoms with van der Waals surface area (Å²) in [5, 5.41) is 89.9. The predicted octanol–water partition coefficient (Wildman–Crippen LogP) is -7.13. The number of aliphatic hydroxyl groups is 3. The molecule has 0 aromatic heterocycles. The number of likely N-dealkylation sites (tertiary alicyclic amines) is 1. The Balaban J connectivity index is 3.24. The van der Waals surface area contributed by atoms with Gasteiger partial charge in [0, 0.05) is 13.0 Å². The number of carboxylic acids is 3. The van der Waals surface area contributed by atoms with E-state index in [4.69, 9.17) is 16.6 Å². The lowest BCUT2D eigenvalue weighted by atomic mass is 9.98. The quantitative estimate of drug-likeness (QED) is 0.0252. The summed E-state index contributed by atoms with van der Waals surface area (Å²) in [5.74, 6) is -20.6. The van der Waals surface area contributed by atoms with Crippen molar-refractivity contribution in [3.63, 3.8) is 0 Å². The summed E-state index contributed by atoms with van der Waals surface area (Å²) < 4.78 is 0. The second kappa shape index (κ2) is 45.7. The Morgan fingerprint density at radius 2 is 0.874 bits per heavy atom. The highest BCUT2D eigenvalue weighted by Crippen LogP contribution is 2.21. The van der Waals surface area contributed by atoms with E-state index in [-0.39, 0.29) is 50.6 Å². The lowest BCUT2D eigenvalue weighted by Crippen LogP contribution is -2.63. The lowest BCUT2D eigenvalue weighted by molar-refractivity contribution is -0.143. The Bertz CT molecular complexity index is 2950. The molecule has 1 aliphatic heterocycles. The average molecular weight is 1470 g/mol. The van der Waals surface area contributed by atoms with Gasteiger partial charge in [0.05, 0.1) is 44.9 Å². The smallest absolute Gasteiger partial charge is 0.326 e. The summed E-state index contributed by atoms with van der Waals surface area (Å²) in [4.78, 5) is 225. The second-order valence-electron chi connectivity index (χ2n) is 27.2. The second-order valence-corrected chi connectivity index (χ2v) is 27.2. The number of amides is 14. The van der Waals surface area contributed by atoms with E-state index in [0.29, 0.717) is 19.3 Å². The van der Waals surface area contributed by atoms with Gasteiger partial charge in [0.2, 0.25) is 82.7 Å². The summed E-state index contributed by atoms with van der Waals surface area (Å²) in [6.07, 6.45) is -3.72. The molecule has 23 N–H and O–H groups in total. The Morgan fingerprint density at radius 1 is 0.437 bits per heavy atom. The maximum absolute atomic E-state index is 14.2. The molecule has 0 unspecified atom stereocenters. The van der Waals surface area contributed by atoms with E-state index in [1.807, 2.05) is 0 Å². The minimum atomic E-state index is -1.87. The fourth-order valence-electron chi connectivity index (χ4n) is 10.4. The van der Waals surface area contributed by atoms with E-state index in [0.717, 1.165) is 6.92 Å². The fourth-order valence-corrected chi connectivity index (χ4v) is 10.4. The van der Waals surface area contributed by atoms with Crippen molar-refractivity contribution in [2.75, 3.05) is 39.3 Å². The molecule has 0 aliphatic carbocycles. The van der Waals surface area contributed by atoms with Crippen LogP contribution in [0.25, 0.3) is 0 Å². The molecule has 1 rings (SSSR count). The molecule has 0 bridgehead atoms. The number of carbonyl (C=O) groups is 17. The van der Waals surface area contributed by atoms with Crippen LogP contribution in [0.3, 0.4) is 0 Å². The number of nitrogens with two attached hydrogens (primary N) is 2. The first-order valence-electron chi connectivity index (χ1n) is 34.2. The van der Waals surface area contributed by atoms with Crippen molar-refractivity contribution in [2.45, 2.75) is 232 Å². The zero-order valence-corrected chi connectivity index (χ0v) is 60.5. The van der Waals surface area contributed by atoms with Gasteiger partial charge < -0.3 is 116 Å². The van der Waals surface area contributed by atoms with Crippen molar-refractivity contribution in [1.82, 2.24) is 74.0 Å². The van der Waals surface area contributed by atoms with Crippen LogP contribution in [0.4, 0.5) is 0 Å². The highest BCUT2D eigenvalue weighted by Gasteiger charge is 2.41. The molecule has 1 aliphatic rings. The predicted molar refractivity (Wildman–Crippen MR) is 365 cm³/mol. The highest BCUT2D eigenvalue weighted by molar-refractivity contribution is 6.00. The van der Waals surface area contributed by atoms with Crippen LogP contribution in [-0.2, 0) is 81.5 Å². The van der Waals surface area contributed by atoms with Crippen molar-refractivity contribution in [3.8, 4) is 0 Å². The number of unbranched alkanes of at least 4 members (excludes halogenated alkanes) is 1. The van der Waals surface area contributed by atoms with Gasteiger partial charge in [-0.3, -0.25) is 76.7 Å². The monoisotopic (exact) mass is 1470 g/mol. The Labute approximate surface area is 597 Å². The number of nitrogens with zero attached hydrogens (tertiary/aromatic N) is 1. The Morgan fingerprint density at radius 3 is 1.37 bits per heavy atom. The zero-order chi connectivity index (χ0) is 78.9. The highest BCUT2D eigenvalue weighted by atomic mass is 16.4. The Hall–Kier alpha value is -9.21. The van der Waals surface area contributed by atoms with Crippen molar-refractivity contribution in [2.24, 2.45) is 41.1 Å². The summed E-state index contributed by atoms with van der Waals surface area (Å²) in [6, 6.07) is -18.0. The van der Waals surface area contributed by atoms with Crippen molar-refractivity contribution in [1.29, 1.82) is 0 Å². The van der Waals surface area contributed by atoms with E-state index in [9.17, 15) is 107 Å². The molecule has 1 heterocycles. The molecule has 0 radical (unpaired) electrons. The minimum Gasteiger partial charge on any atom is -0.481 e. The maximum atomic E-state index is 14.2. The molecule has 14 amide bonds. The number of carbonyl (C=O) groups excluding carboxylic acids is 14. The van der Waals surface area contributed by atoms with Gasteiger partial charge in [-0.25, -0.2) is 4.79 Å². The van der Waals surface area contributed by atoms with E-state index in [2.05, 4.69) is 69.1 Å². The molecular formula is C64H110N16O23. The van der Waals surface area contributed by atoms with Gasteiger partial charge in [0.25, 0.3) is 0 Å². The molecule has 0 aromatic rings. The van der Waals surface area contributed by atoms with Crippen LogP contribution in [0, 0.1) is 29.6 Å². The molecule has 103 heavy (non-hydrogen) atoms. The summed E-state index contributed by atoms with van der Waals surface area (Å²) in [6.45, 7) is 15.3. The zero-order valence-electron chi connectivity index (χ0n) is 60.5. The number of aliphatic hydroxyl groups excluding tert-OH is 3. The molecular weight excluding hydrogens is 1360 g/mol. The minimum absolute atomic E-state index is 0.0117. The van der Waals surface area contributed by atoms with Crippen LogP contribution in [0.1, 0.15) is 147 Å². The first-order chi connectivity index (χ1) is 48.0. The van der Waals surface area contributed by atoms with E-state index >= 15 is 0 Å². The van der Waals surface area contributed by atoms with Gasteiger partial charge in [-0.05, 0) is 101 Å². The van der Waals surface area contributed by atoms with E-state index in [1.54, 1.807) is 41.5 Å². The maximum Gasteiger partial charge on any atom is 0.326 e. The largest absolute Gasteiger partial charge is 0.481 e. The first kappa shape index (κ1) is 91.8. The van der Waals surface area contributed by atoms with Gasteiger partial charge in [0.15, 0.2) is 0 Å². The average Bonchev–Trinajstić information content (AvgIpc) is 1.76. The van der Waals surface area contributed by atoms with Crippen LogP contribution >= 0.6 is 0 Å². The van der Waals surface area contributed by atoms with Gasteiger partial charge in [0.1, 0.15) is 72.5 Å². The third kappa shape index (κ3) is 33.2. The normalized spacial score (nSPS) is 16.6. The molecule has 0 saturated carbocycles. The molecule has 0 spiro atoms. The number of hydrogen-bond acceptors (Lipinski definition) is 22. The summed E-state index contributed by atoms with van der Waals surface area (Å²) >= 11 is 0. The standard InChI is InChI=1S/C64H110N16O23/c1-29(2)22-38(73-54(92)39(24-47(89)90)71-45(86)27-69-59(97)49(31(5)6)76-53(91)36(16-13-14-20-65)72-58(96)48(66)34(11)82)55(93)77-51(33(9)10)61(99)79-52(35(12)83)62(100)78-50(32(7)8)60(98)75-41(28-81)56(94)74-40(23-30(3)4)63(101)80-21-15-17-42(80)57(95)68-25-43(84)67-26-44(85)70-37(64(102)103)18-19-46(87)88/h29-42,48-52,81-83H,13-28,65-66H2,1-12H3,(H,67,84)(H,68,95)(H,69,97)(H,70,85)(H,71,86)(H,72,96)(H,73,92)(H,74,94)(H,75,98)(H,76,91)(H,77,93)(H,78,100)(H,79,99)(H,87,88)(H,89,90)(H,102,103)/t34-,35-,36+,37+,38+,39+,40+,41+,42+,48+,49+,50+,51+,52+/m1/s1. The molecule has 39 heteroatoms. The van der Waals surface area contributed by atoms with Gasteiger partial charge in [-0.15, -0.1) is 0 Å². The first-order valence-corrected chi connectivity index (χ1v) is 34.2. The van der Waals surface area contributed by atoms with Crippen molar-refractivity contribution >= 4 is 101 Å². The topological polar surface area (TPSA) is 623 Å². The van der Waals surface area contributed by atoms with E-state index < -0.39 is 249 Å². The third-order valence-corrected chi connectivity index (χ3v) is 16.1. The van der Waals surface area contributed by atoms with Crippen LogP contribution in [0.15, 0.2) is 0 Å². The van der Waals surface area contributed by atoms with Crippen LogP contribution in [-0.4, -0.2) is 260 Å². The Kier molecular flexibility index (Phi) is 40.7. The van der Waals surface area contributed by atoms with Gasteiger partial charge in [-0.2, -0.15) is 0 Å². The van der Waals surface area contributed by atoms with E-state index in [1.165, 1.54) is 39.5 Å². The molecule has 14 atom stereocenters. The fraction of sp³-hybridized carbons (Fsp3) is 0.734. The van der Waals surface area contributed by atoms with Crippen molar-refractivity contribution < 1.29 is 112 Å². The SMILES string of the molecule is CC(C)C[C@H](NC(=O)[C@H](CC(=O)O)NC(=O)CNC(=O)[C@@H](NC(=O)[C@H](CCCCN)NC(=O)[C@@H](N)[C@@H](C)O)C(C)C)C(=O)N[C@H](C(=O)N[C@H](C(=O)N[C@H](C(=O)N[C@@H](CO)C(=O)N[C@@H](CC(C)C)C(=O)N1CCC[C@H]1C(=O)NCC(=O)NCC(=O)N[C@@H](CCC(=O)O)C(=O)O)C(C)C)[C@@H](C)O)C(C)C. The molecule has 0 aromatic carbocycles. The lowest BCUT2D eigenvalue weighted by Gasteiger charge is -2.31. The van der Waals surface area contributed by atoms with Crippen LogP contribution in [0.2, 0.25) is 0 Å².